The second kappa shape index (κ2) is 10.0. The van der Waals surface area contributed by atoms with Gasteiger partial charge in [-0.15, -0.1) is 0 Å². The van der Waals surface area contributed by atoms with Gasteiger partial charge in [0.25, 0.3) is 0 Å². The van der Waals surface area contributed by atoms with Crippen molar-refractivity contribution in [2.75, 3.05) is 5.32 Å². The molecule has 0 aliphatic heterocycles. The normalized spacial score (nSPS) is 12.1. The number of H-pyrrole nitrogens is 2. The van der Waals surface area contributed by atoms with Crippen LogP contribution in [-0.2, 0) is 6.42 Å². The highest BCUT2D eigenvalue weighted by Crippen LogP contribution is 2.32. The quantitative estimate of drug-likeness (QED) is 0.213. The van der Waals surface area contributed by atoms with E-state index in [0.717, 1.165) is 38.7 Å². The van der Waals surface area contributed by atoms with Crippen molar-refractivity contribution in [2.45, 2.75) is 12.6 Å². The first-order valence-corrected chi connectivity index (χ1v) is 12.7. The van der Waals surface area contributed by atoms with Crippen molar-refractivity contribution in [1.29, 1.82) is 0 Å². The molecule has 10 heteroatoms. The Morgan fingerprint density at radius 3 is 2.55 bits per heavy atom. The predicted molar refractivity (Wildman–Crippen MR) is 153 cm³/mol. The number of fused-ring (bicyclic) bond motifs is 2. The lowest BCUT2D eigenvalue weighted by molar-refractivity contribution is 0.204. The summed E-state index contributed by atoms with van der Waals surface area (Å²) in [5.74, 6) is 0.585. The smallest absolute Gasteiger partial charge is 0.161 e. The van der Waals surface area contributed by atoms with Crippen LogP contribution in [0.1, 0.15) is 5.56 Å². The molecule has 1 aromatic carbocycles. The summed E-state index contributed by atoms with van der Waals surface area (Å²) in [6.07, 6.45) is 10.3. The molecule has 194 valence electrons. The molecule has 0 bridgehead atoms. The Morgan fingerprint density at radius 1 is 0.800 bits per heavy atom. The SMILES string of the molecule is OC(Cc1ccccc1)Nc1cncc(-c2cnc3[nH]nc(-c4nc5c(-c6cccnc6)ccnc5[nH]4)c3c2)c1. The molecule has 0 aliphatic rings. The van der Waals surface area contributed by atoms with Crippen LogP contribution in [0.2, 0.25) is 0 Å². The van der Waals surface area contributed by atoms with E-state index in [1.807, 2.05) is 60.7 Å². The fourth-order valence-electron chi connectivity index (χ4n) is 4.78. The molecule has 1 unspecified atom stereocenters. The van der Waals surface area contributed by atoms with Gasteiger partial charge in [-0.3, -0.25) is 15.1 Å². The fraction of sp³-hybridized carbons (Fsp3) is 0.0667. The van der Waals surface area contributed by atoms with Crippen LogP contribution < -0.4 is 5.32 Å². The maximum Gasteiger partial charge on any atom is 0.161 e. The summed E-state index contributed by atoms with van der Waals surface area (Å²) in [6.45, 7) is 0. The lowest BCUT2D eigenvalue weighted by Gasteiger charge is -2.14. The fourth-order valence-corrected chi connectivity index (χ4v) is 4.78. The summed E-state index contributed by atoms with van der Waals surface area (Å²) < 4.78 is 0. The van der Waals surface area contributed by atoms with Gasteiger partial charge in [-0.05, 0) is 29.8 Å². The molecule has 6 heterocycles. The molecule has 0 saturated heterocycles. The van der Waals surface area contributed by atoms with Crippen LogP contribution in [0.5, 0.6) is 0 Å². The Hall–Kier alpha value is -5.48. The molecule has 1 atom stereocenters. The molecule has 40 heavy (non-hydrogen) atoms. The molecule has 0 amide bonds. The van der Waals surface area contributed by atoms with Crippen LogP contribution in [0, 0.1) is 0 Å². The van der Waals surface area contributed by atoms with E-state index in [2.05, 4.69) is 40.4 Å². The summed E-state index contributed by atoms with van der Waals surface area (Å²) in [7, 11) is 0. The number of benzene rings is 1. The number of pyridine rings is 4. The molecule has 6 aromatic heterocycles. The van der Waals surface area contributed by atoms with Gasteiger partial charge < -0.3 is 15.4 Å². The zero-order chi connectivity index (χ0) is 26.9. The third-order valence-electron chi connectivity index (χ3n) is 6.67. The summed E-state index contributed by atoms with van der Waals surface area (Å²) in [5.41, 5.74) is 8.03. The van der Waals surface area contributed by atoms with Gasteiger partial charge in [-0.1, -0.05) is 36.4 Å². The highest BCUT2D eigenvalue weighted by molar-refractivity contribution is 5.96. The van der Waals surface area contributed by atoms with Crippen LogP contribution in [-0.4, -0.2) is 51.4 Å². The van der Waals surface area contributed by atoms with Crippen LogP contribution in [0.4, 0.5) is 5.69 Å². The van der Waals surface area contributed by atoms with Crippen LogP contribution in [0.15, 0.2) is 97.8 Å². The van der Waals surface area contributed by atoms with Gasteiger partial charge >= 0.3 is 0 Å². The van der Waals surface area contributed by atoms with Crippen molar-refractivity contribution in [1.82, 2.24) is 40.1 Å². The van der Waals surface area contributed by atoms with Crippen LogP contribution in [0.3, 0.4) is 0 Å². The molecular formula is C30H23N9O. The number of nitrogens with one attached hydrogen (secondary N) is 3. The van der Waals surface area contributed by atoms with E-state index in [0.29, 0.717) is 34.9 Å². The Labute approximate surface area is 228 Å². The average molecular weight is 526 g/mol. The molecule has 4 N–H and O–H groups in total. The number of aromatic amines is 2. The van der Waals surface area contributed by atoms with Crippen LogP contribution >= 0.6 is 0 Å². The molecule has 0 aliphatic carbocycles. The highest BCUT2D eigenvalue weighted by atomic mass is 16.3. The topological polar surface area (TPSA) is 141 Å². The minimum atomic E-state index is -0.751. The summed E-state index contributed by atoms with van der Waals surface area (Å²) in [5, 5.41) is 22.0. The van der Waals surface area contributed by atoms with E-state index in [1.54, 1.807) is 37.2 Å². The lowest BCUT2D eigenvalue weighted by atomic mass is 10.1. The molecule has 0 radical (unpaired) electrons. The maximum absolute atomic E-state index is 10.6. The third-order valence-corrected chi connectivity index (χ3v) is 6.67. The average Bonchev–Trinajstić information content (AvgIpc) is 3.62. The Morgan fingerprint density at radius 2 is 1.68 bits per heavy atom. The second-order valence-electron chi connectivity index (χ2n) is 9.39. The van der Waals surface area contributed by atoms with E-state index in [4.69, 9.17) is 4.98 Å². The van der Waals surface area contributed by atoms with Crippen molar-refractivity contribution in [3.8, 4) is 33.8 Å². The number of aliphatic hydroxyl groups is 1. The van der Waals surface area contributed by atoms with Gasteiger partial charge in [0.15, 0.2) is 17.1 Å². The first-order valence-electron chi connectivity index (χ1n) is 12.7. The number of rotatable bonds is 7. The monoisotopic (exact) mass is 525 g/mol. The van der Waals surface area contributed by atoms with Gasteiger partial charge in [0.1, 0.15) is 17.4 Å². The van der Waals surface area contributed by atoms with Crippen molar-refractivity contribution < 1.29 is 5.11 Å². The van der Waals surface area contributed by atoms with Gasteiger partial charge in [-0.25, -0.2) is 15.0 Å². The number of hydrogen-bond donors (Lipinski definition) is 4. The summed E-state index contributed by atoms with van der Waals surface area (Å²) in [4.78, 5) is 25.8. The minimum absolute atomic E-state index is 0.478. The Kier molecular flexibility index (Phi) is 5.91. The third kappa shape index (κ3) is 4.52. The first-order chi connectivity index (χ1) is 19.7. The van der Waals surface area contributed by atoms with Crippen molar-refractivity contribution in [3.63, 3.8) is 0 Å². The molecule has 0 saturated carbocycles. The minimum Gasteiger partial charge on any atom is -0.373 e. The van der Waals surface area contributed by atoms with E-state index in [9.17, 15) is 5.11 Å². The van der Waals surface area contributed by atoms with E-state index in [-0.39, 0.29) is 0 Å². The number of aliphatic hydroxyl groups excluding tert-OH is 1. The van der Waals surface area contributed by atoms with E-state index in [1.165, 1.54) is 0 Å². The van der Waals surface area contributed by atoms with Gasteiger partial charge in [-0.2, -0.15) is 5.10 Å². The zero-order valence-corrected chi connectivity index (χ0v) is 21.2. The van der Waals surface area contributed by atoms with E-state index >= 15 is 0 Å². The van der Waals surface area contributed by atoms with Crippen molar-refractivity contribution in [2.24, 2.45) is 0 Å². The molecule has 0 fully saturated rings. The summed E-state index contributed by atoms with van der Waals surface area (Å²) in [6, 6.07) is 19.6. The molecule has 10 nitrogen and oxygen atoms in total. The van der Waals surface area contributed by atoms with Crippen molar-refractivity contribution >= 4 is 27.9 Å². The Bertz CT molecular complexity index is 1930. The number of anilines is 1. The number of nitrogens with zero attached hydrogens (tertiary/aromatic N) is 6. The largest absolute Gasteiger partial charge is 0.373 e. The molecular weight excluding hydrogens is 502 g/mol. The van der Waals surface area contributed by atoms with Crippen molar-refractivity contribution in [3.05, 3.63) is 103 Å². The van der Waals surface area contributed by atoms with Gasteiger partial charge in [0.2, 0.25) is 0 Å². The number of hydrogen-bond acceptors (Lipinski definition) is 8. The van der Waals surface area contributed by atoms with Crippen LogP contribution in [0.25, 0.3) is 56.0 Å². The zero-order valence-electron chi connectivity index (χ0n) is 21.2. The standard InChI is InChI=1S/C30H23N9O/c40-25(11-18-5-2-1-3-6-18)35-22-12-20(15-32-17-22)21-13-24-27(38-39-28(24)34-16-21)30-36-26-23(8-10-33-29(26)37-30)19-7-4-9-31-14-19/h1-10,12-17,25,35,40H,11H2,(H,33,36,37)(H,34,38,39). The number of imidazole rings is 1. The predicted octanol–water partition coefficient (Wildman–Crippen LogP) is 4.99. The van der Waals surface area contributed by atoms with Gasteiger partial charge in [0.05, 0.1) is 17.3 Å². The molecule has 7 aromatic rings. The van der Waals surface area contributed by atoms with E-state index < -0.39 is 6.23 Å². The summed E-state index contributed by atoms with van der Waals surface area (Å²) >= 11 is 0. The first kappa shape index (κ1) is 23.6. The molecule has 0 spiro atoms. The van der Waals surface area contributed by atoms with Gasteiger partial charge in [0, 0.05) is 59.7 Å². The Balaban J connectivity index is 1.21. The second-order valence-corrected chi connectivity index (χ2v) is 9.39. The highest BCUT2D eigenvalue weighted by Gasteiger charge is 2.17. The molecule has 7 rings (SSSR count). The lowest BCUT2D eigenvalue weighted by Crippen LogP contribution is -2.21. The maximum atomic E-state index is 10.6. The number of aromatic nitrogens is 8.